The van der Waals surface area contributed by atoms with E-state index in [1.165, 1.54) is 18.5 Å². The smallest absolute Gasteiger partial charge is 0.387 e. The molecule has 0 amide bonds. The van der Waals surface area contributed by atoms with Crippen LogP contribution in [0.25, 0.3) is 0 Å². The molecule has 0 aliphatic rings. The highest BCUT2D eigenvalue weighted by atomic mass is 19.3. The molecule has 0 aliphatic heterocycles. The topological polar surface area (TPSA) is 39.2 Å². The average Bonchev–Trinajstić information content (AvgIpc) is 2.38. The van der Waals surface area contributed by atoms with E-state index in [0.29, 0.717) is 11.1 Å². The van der Waals surface area contributed by atoms with Gasteiger partial charge >= 0.3 is 6.61 Å². The number of ketones is 1. The fourth-order valence-corrected chi connectivity index (χ4v) is 1.77. The summed E-state index contributed by atoms with van der Waals surface area (Å²) in [7, 11) is 0. The van der Waals surface area contributed by atoms with Crippen LogP contribution in [0.2, 0.25) is 0 Å². The van der Waals surface area contributed by atoms with Crippen LogP contribution in [0.3, 0.4) is 0 Å². The summed E-state index contributed by atoms with van der Waals surface area (Å²) < 4.78 is 29.1. The molecule has 19 heavy (non-hydrogen) atoms. The van der Waals surface area contributed by atoms with Crippen LogP contribution >= 0.6 is 0 Å². The van der Waals surface area contributed by atoms with Crippen molar-refractivity contribution >= 4 is 5.78 Å². The van der Waals surface area contributed by atoms with E-state index in [0.717, 1.165) is 0 Å². The molecule has 0 saturated carbocycles. The summed E-state index contributed by atoms with van der Waals surface area (Å²) in [6.45, 7) is -1.30. The first-order valence-corrected chi connectivity index (χ1v) is 5.58. The fraction of sp³-hybridized carbons (Fsp3) is 0.143. The number of aromatic nitrogens is 1. The normalized spacial score (nSPS) is 10.5. The maximum atomic E-state index is 12.4. The molecule has 0 radical (unpaired) electrons. The van der Waals surface area contributed by atoms with Gasteiger partial charge in [0.1, 0.15) is 5.75 Å². The Kier molecular flexibility index (Phi) is 3.85. The zero-order chi connectivity index (χ0) is 13.8. The van der Waals surface area contributed by atoms with Crippen LogP contribution < -0.4 is 4.74 Å². The number of hydrogen-bond donors (Lipinski definition) is 0. The number of hydrogen-bond acceptors (Lipinski definition) is 3. The van der Waals surface area contributed by atoms with E-state index in [9.17, 15) is 13.6 Å². The highest BCUT2D eigenvalue weighted by Gasteiger charge is 2.19. The summed E-state index contributed by atoms with van der Waals surface area (Å²) in [6, 6.07) is 7.77. The van der Waals surface area contributed by atoms with Crippen LogP contribution in [0.15, 0.2) is 42.7 Å². The van der Waals surface area contributed by atoms with E-state index in [1.807, 2.05) is 0 Å². The molecule has 0 spiro atoms. The van der Waals surface area contributed by atoms with Crippen LogP contribution in [-0.2, 0) is 0 Å². The van der Waals surface area contributed by atoms with Crippen LogP contribution in [-0.4, -0.2) is 17.4 Å². The van der Waals surface area contributed by atoms with Gasteiger partial charge in [0.25, 0.3) is 0 Å². The first-order valence-electron chi connectivity index (χ1n) is 5.58. The number of pyridine rings is 1. The maximum absolute atomic E-state index is 12.4. The molecule has 1 aromatic carbocycles. The van der Waals surface area contributed by atoms with Crippen LogP contribution in [0.4, 0.5) is 8.78 Å². The quantitative estimate of drug-likeness (QED) is 0.795. The molecule has 0 bridgehead atoms. The molecule has 0 saturated heterocycles. The fourth-order valence-electron chi connectivity index (χ4n) is 1.77. The van der Waals surface area contributed by atoms with Crippen molar-refractivity contribution in [3.63, 3.8) is 0 Å². The van der Waals surface area contributed by atoms with Crippen molar-refractivity contribution < 1.29 is 18.3 Å². The van der Waals surface area contributed by atoms with E-state index < -0.39 is 6.61 Å². The number of aryl methyl sites for hydroxylation is 1. The Morgan fingerprint density at radius 2 is 2.05 bits per heavy atom. The number of rotatable bonds is 4. The largest absolute Gasteiger partial charge is 0.434 e. The van der Waals surface area contributed by atoms with E-state index >= 15 is 0 Å². The zero-order valence-electron chi connectivity index (χ0n) is 10.1. The lowest BCUT2D eigenvalue weighted by atomic mass is 9.99. The predicted molar refractivity (Wildman–Crippen MR) is 65.5 cm³/mol. The third-order valence-corrected chi connectivity index (χ3v) is 2.60. The Hall–Kier alpha value is -2.30. The molecule has 2 aromatic rings. The number of nitrogens with zero attached hydrogens (tertiary/aromatic N) is 1. The molecule has 0 atom stereocenters. The van der Waals surface area contributed by atoms with Crippen molar-refractivity contribution in [2.24, 2.45) is 0 Å². The molecular formula is C14H11F2NO2. The average molecular weight is 263 g/mol. The minimum absolute atomic E-state index is 0.121. The molecule has 3 nitrogen and oxygen atoms in total. The van der Waals surface area contributed by atoms with Gasteiger partial charge in [-0.3, -0.25) is 9.78 Å². The van der Waals surface area contributed by atoms with Crippen molar-refractivity contribution in [3.05, 3.63) is 59.4 Å². The number of benzene rings is 1. The highest BCUT2D eigenvalue weighted by molar-refractivity contribution is 6.11. The molecular weight excluding hydrogens is 252 g/mol. The van der Waals surface area contributed by atoms with Gasteiger partial charge in [-0.15, -0.1) is 0 Å². The molecule has 1 heterocycles. The van der Waals surface area contributed by atoms with Gasteiger partial charge in [0, 0.05) is 18.0 Å². The monoisotopic (exact) mass is 263 g/mol. The first-order chi connectivity index (χ1) is 9.09. The third kappa shape index (κ3) is 2.93. The number of carbonyl (C=O) groups excluding carboxylic acids is 1. The highest BCUT2D eigenvalue weighted by Crippen LogP contribution is 2.26. The number of halogens is 2. The van der Waals surface area contributed by atoms with Crippen molar-refractivity contribution in [1.82, 2.24) is 4.98 Å². The van der Waals surface area contributed by atoms with E-state index in [1.54, 1.807) is 31.2 Å². The molecule has 0 unspecified atom stereocenters. The second-order valence-corrected chi connectivity index (χ2v) is 3.90. The Morgan fingerprint density at radius 1 is 1.26 bits per heavy atom. The number of carbonyl (C=O) groups is 1. The molecule has 98 valence electrons. The van der Waals surface area contributed by atoms with E-state index in [-0.39, 0.29) is 17.1 Å². The summed E-state index contributed by atoms with van der Waals surface area (Å²) in [4.78, 5) is 16.1. The molecule has 0 fully saturated rings. The van der Waals surface area contributed by atoms with Gasteiger partial charge in [-0.05, 0) is 30.7 Å². The second kappa shape index (κ2) is 5.56. The standard InChI is InChI=1S/C14H11F2NO2/c1-9-4-2-6-11(19-14(15)16)12(9)13(18)10-5-3-7-17-8-10/h2-8,14H,1H3. The van der Waals surface area contributed by atoms with Gasteiger partial charge in [0.2, 0.25) is 0 Å². The summed E-state index contributed by atoms with van der Waals surface area (Å²) >= 11 is 0. The number of ether oxygens (including phenoxy) is 1. The van der Waals surface area contributed by atoms with Crippen molar-refractivity contribution in [1.29, 1.82) is 0 Å². The Bertz CT molecular complexity index is 585. The SMILES string of the molecule is Cc1cccc(OC(F)F)c1C(=O)c1cccnc1. The summed E-state index contributed by atoms with van der Waals surface area (Å²) in [5.41, 5.74) is 1.04. The van der Waals surface area contributed by atoms with E-state index in [4.69, 9.17) is 0 Å². The van der Waals surface area contributed by atoms with Crippen LogP contribution in [0.1, 0.15) is 21.5 Å². The molecule has 5 heteroatoms. The van der Waals surface area contributed by atoms with Gasteiger partial charge in [-0.25, -0.2) is 0 Å². The summed E-state index contributed by atoms with van der Waals surface area (Å²) in [5.74, 6) is -0.509. The number of alkyl halides is 2. The second-order valence-electron chi connectivity index (χ2n) is 3.90. The van der Waals surface area contributed by atoms with Gasteiger partial charge in [-0.1, -0.05) is 12.1 Å². The zero-order valence-corrected chi connectivity index (χ0v) is 10.1. The Balaban J connectivity index is 2.46. The van der Waals surface area contributed by atoms with Crippen molar-refractivity contribution in [3.8, 4) is 5.75 Å². The molecule has 1 aromatic heterocycles. The predicted octanol–water partition coefficient (Wildman–Crippen LogP) is 3.22. The molecule has 2 rings (SSSR count). The Labute approximate surface area is 108 Å². The lowest BCUT2D eigenvalue weighted by Gasteiger charge is -2.12. The van der Waals surface area contributed by atoms with Crippen molar-refractivity contribution in [2.75, 3.05) is 0 Å². The van der Waals surface area contributed by atoms with Gasteiger partial charge < -0.3 is 4.74 Å². The van der Waals surface area contributed by atoms with Gasteiger partial charge in [0.05, 0.1) is 5.56 Å². The molecule has 0 N–H and O–H groups in total. The van der Waals surface area contributed by atoms with Crippen molar-refractivity contribution in [2.45, 2.75) is 13.5 Å². The Morgan fingerprint density at radius 3 is 2.68 bits per heavy atom. The van der Waals surface area contributed by atoms with Crippen LogP contribution in [0, 0.1) is 6.92 Å². The minimum atomic E-state index is -2.97. The lowest BCUT2D eigenvalue weighted by molar-refractivity contribution is -0.0501. The third-order valence-electron chi connectivity index (χ3n) is 2.60. The first kappa shape index (κ1) is 13.1. The van der Waals surface area contributed by atoms with E-state index in [2.05, 4.69) is 9.72 Å². The minimum Gasteiger partial charge on any atom is -0.434 e. The van der Waals surface area contributed by atoms with Crippen LogP contribution in [0.5, 0.6) is 5.75 Å². The molecule has 0 aliphatic carbocycles. The van der Waals surface area contributed by atoms with Gasteiger partial charge in [0.15, 0.2) is 5.78 Å². The van der Waals surface area contributed by atoms with Gasteiger partial charge in [-0.2, -0.15) is 8.78 Å². The maximum Gasteiger partial charge on any atom is 0.387 e. The summed E-state index contributed by atoms with van der Waals surface area (Å²) in [6.07, 6.45) is 2.92. The summed E-state index contributed by atoms with van der Waals surface area (Å²) in [5, 5.41) is 0. The lowest BCUT2D eigenvalue weighted by Crippen LogP contribution is -2.10.